The van der Waals surface area contributed by atoms with Gasteiger partial charge in [-0.25, -0.2) is 4.68 Å². The number of para-hydroxylation sites is 1. The van der Waals surface area contributed by atoms with Crippen LogP contribution in [0, 0.1) is 0 Å². The quantitative estimate of drug-likeness (QED) is 0.500. The molecule has 2 N–H and O–H groups in total. The largest absolute Gasteiger partial charge is 0.361 e. The Morgan fingerprint density at radius 2 is 1.86 bits per heavy atom. The van der Waals surface area contributed by atoms with Crippen molar-refractivity contribution in [2.75, 3.05) is 5.32 Å². The van der Waals surface area contributed by atoms with E-state index in [-0.39, 0.29) is 5.91 Å². The highest BCUT2D eigenvalue weighted by Gasteiger charge is 2.10. The van der Waals surface area contributed by atoms with Crippen LogP contribution in [-0.4, -0.2) is 20.7 Å². The number of hydrogen-bond acceptors (Lipinski definition) is 2. The maximum atomic E-state index is 12.5. The van der Waals surface area contributed by atoms with E-state index in [1.807, 2.05) is 35.1 Å². The maximum absolute atomic E-state index is 12.5. The third-order valence-electron chi connectivity index (χ3n) is 5.04. The number of aryl methyl sites for hydroxylation is 2. The minimum absolute atomic E-state index is 0.00615. The van der Waals surface area contributed by atoms with E-state index in [9.17, 15) is 4.79 Å². The highest BCUT2D eigenvalue weighted by molar-refractivity contribution is 5.90. The number of nitrogens with one attached hydrogen (secondary N) is 2. The van der Waals surface area contributed by atoms with Crippen molar-refractivity contribution in [2.24, 2.45) is 0 Å². The number of aromatic amines is 1. The zero-order valence-electron chi connectivity index (χ0n) is 16.0. The fourth-order valence-corrected chi connectivity index (χ4v) is 3.41. The predicted molar refractivity (Wildman–Crippen MR) is 112 cm³/mol. The summed E-state index contributed by atoms with van der Waals surface area (Å²) in [5.41, 5.74) is 4.74. The van der Waals surface area contributed by atoms with Gasteiger partial charge in [-0.3, -0.25) is 4.79 Å². The van der Waals surface area contributed by atoms with Crippen LogP contribution in [0.25, 0.3) is 10.9 Å². The van der Waals surface area contributed by atoms with Gasteiger partial charge in [-0.1, -0.05) is 49.4 Å². The molecule has 2 heterocycles. The van der Waals surface area contributed by atoms with E-state index in [0.29, 0.717) is 19.4 Å². The number of hydrogen-bond donors (Lipinski definition) is 2. The first-order valence-electron chi connectivity index (χ1n) is 9.67. The van der Waals surface area contributed by atoms with E-state index in [1.54, 1.807) is 6.20 Å². The van der Waals surface area contributed by atoms with Gasteiger partial charge in [0.25, 0.3) is 0 Å². The summed E-state index contributed by atoms with van der Waals surface area (Å²) in [5, 5.41) is 8.53. The first kappa shape index (κ1) is 18.0. The van der Waals surface area contributed by atoms with Crippen molar-refractivity contribution >= 4 is 22.6 Å². The van der Waals surface area contributed by atoms with E-state index >= 15 is 0 Å². The maximum Gasteiger partial charge on any atom is 0.225 e. The summed E-state index contributed by atoms with van der Waals surface area (Å²) in [4.78, 5) is 15.7. The van der Waals surface area contributed by atoms with Gasteiger partial charge < -0.3 is 10.3 Å². The van der Waals surface area contributed by atoms with Gasteiger partial charge in [0.1, 0.15) is 5.82 Å². The second-order valence-electron chi connectivity index (χ2n) is 6.95. The Kier molecular flexibility index (Phi) is 5.24. The molecule has 0 spiro atoms. The van der Waals surface area contributed by atoms with Crippen molar-refractivity contribution in [3.8, 4) is 0 Å². The average Bonchev–Trinajstić information content (AvgIpc) is 3.34. The average molecular weight is 372 g/mol. The Hall–Kier alpha value is -3.34. The molecule has 142 valence electrons. The molecule has 5 nitrogen and oxygen atoms in total. The van der Waals surface area contributed by atoms with Gasteiger partial charge >= 0.3 is 0 Å². The predicted octanol–water partition coefficient (Wildman–Crippen LogP) is 4.55. The molecule has 0 aliphatic rings. The summed E-state index contributed by atoms with van der Waals surface area (Å²) < 4.78 is 1.82. The van der Waals surface area contributed by atoms with E-state index in [2.05, 4.69) is 52.7 Å². The van der Waals surface area contributed by atoms with E-state index in [4.69, 9.17) is 0 Å². The summed E-state index contributed by atoms with van der Waals surface area (Å²) in [6.45, 7) is 2.78. The number of amides is 1. The molecule has 0 atom stereocenters. The number of carbonyl (C=O) groups is 1. The molecule has 0 unspecified atom stereocenters. The Balaban J connectivity index is 1.37. The molecule has 4 aromatic rings. The normalized spacial score (nSPS) is 11.0. The first-order chi connectivity index (χ1) is 13.7. The summed E-state index contributed by atoms with van der Waals surface area (Å²) in [6, 6.07) is 18.5. The number of nitrogens with zero attached hydrogens (tertiary/aromatic N) is 2. The van der Waals surface area contributed by atoms with Gasteiger partial charge in [0.05, 0.1) is 12.7 Å². The summed E-state index contributed by atoms with van der Waals surface area (Å²) in [5.74, 6) is 0.719. The van der Waals surface area contributed by atoms with E-state index in [0.717, 1.165) is 28.9 Å². The lowest BCUT2D eigenvalue weighted by Crippen LogP contribution is -2.16. The third kappa shape index (κ3) is 3.98. The minimum Gasteiger partial charge on any atom is -0.361 e. The lowest BCUT2D eigenvalue weighted by Gasteiger charge is -2.09. The summed E-state index contributed by atoms with van der Waals surface area (Å²) in [7, 11) is 0. The van der Waals surface area contributed by atoms with Crippen molar-refractivity contribution in [1.82, 2.24) is 14.8 Å². The molecule has 0 saturated heterocycles. The van der Waals surface area contributed by atoms with Crippen LogP contribution in [0.2, 0.25) is 0 Å². The van der Waals surface area contributed by atoms with Crippen LogP contribution >= 0.6 is 0 Å². The van der Waals surface area contributed by atoms with Gasteiger partial charge in [-0.2, -0.15) is 5.10 Å². The Bertz CT molecular complexity index is 1080. The second kappa shape index (κ2) is 8.13. The van der Waals surface area contributed by atoms with Crippen molar-refractivity contribution in [3.05, 3.63) is 83.7 Å². The SMILES string of the molecule is CCc1ccc(Cn2nccc2NC(=O)CCc2c[nH]c3ccccc23)cc1. The molecule has 1 amide bonds. The number of rotatable bonds is 7. The first-order valence-corrected chi connectivity index (χ1v) is 9.67. The van der Waals surface area contributed by atoms with Crippen molar-refractivity contribution in [3.63, 3.8) is 0 Å². The minimum atomic E-state index is -0.00615. The van der Waals surface area contributed by atoms with Crippen LogP contribution < -0.4 is 5.32 Å². The van der Waals surface area contributed by atoms with Crippen LogP contribution in [0.1, 0.15) is 30.0 Å². The lowest BCUT2D eigenvalue weighted by atomic mass is 10.1. The molecule has 0 radical (unpaired) electrons. The fourth-order valence-electron chi connectivity index (χ4n) is 3.41. The van der Waals surface area contributed by atoms with Crippen molar-refractivity contribution in [1.29, 1.82) is 0 Å². The number of H-pyrrole nitrogens is 1. The standard InChI is InChI=1S/C23H24N4O/c1-2-17-7-9-18(10-8-17)16-27-22(13-14-25-27)26-23(28)12-11-19-15-24-21-6-4-3-5-20(19)21/h3-10,13-15,24H,2,11-12,16H2,1H3,(H,26,28). The highest BCUT2D eigenvalue weighted by Crippen LogP contribution is 2.19. The summed E-state index contributed by atoms with van der Waals surface area (Å²) in [6.07, 6.45) is 5.86. The molecule has 0 saturated carbocycles. The van der Waals surface area contributed by atoms with Gasteiger partial charge in [0, 0.05) is 29.6 Å². The zero-order chi connectivity index (χ0) is 19.3. The van der Waals surface area contributed by atoms with Crippen LogP contribution in [-0.2, 0) is 24.2 Å². The van der Waals surface area contributed by atoms with E-state index < -0.39 is 0 Å². The van der Waals surface area contributed by atoms with Crippen LogP contribution in [0.5, 0.6) is 0 Å². The lowest BCUT2D eigenvalue weighted by molar-refractivity contribution is -0.116. The third-order valence-corrected chi connectivity index (χ3v) is 5.04. The van der Waals surface area contributed by atoms with Gasteiger partial charge in [0.15, 0.2) is 0 Å². The van der Waals surface area contributed by atoms with E-state index in [1.165, 1.54) is 10.9 Å². The molecular formula is C23H24N4O. The fraction of sp³-hybridized carbons (Fsp3) is 0.217. The molecule has 0 bridgehead atoms. The zero-order valence-corrected chi connectivity index (χ0v) is 16.0. The van der Waals surface area contributed by atoms with Gasteiger partial charge in [-0.15, -0.1) is 0 Å². The number of anilines is 1. The number of fused-ring (bicyclic) bond motifs is 1. The molecule has 28 heavy (non-hydrogen) atoms. The van der Waals surface area contributed by atoms with Crippen LogP contribution in [0.3, 0.4) is 0 Å². The van der Waals surface area contributed by atoms with Crippen LogP contribution in [0.4, 0.5) is 5.82 Å². The highest BCUT2D eigenvalue weighted by atomic mass is 16.1. The number of aromatic nitrogens is 3. The number of benzene rings is 2. The molecule has 0 fully saturated rings. The Morgan fingerprint density at radius 3 is 2.68 bits per heavy atom. The Morgan fingerprint density at radius 1 is 1.07 bits per heavy atom. The van der Waals surface area contributed by atoms with Crippen molar-refractivity contribution < 1.29 is 4.79 Å². The summed E-state index contributed by atoms with van der Waals surface area (Å²) >= 11 is 0. The Labute approximate surface area is 164 Å². The monoisotopic (exact) mass is 372 g/mol. The molecule has 0 aliphatic carbocycles. The van der Waals surface area contributed by atoms with Gasteiger partial charge in [0.2, 0.25) is 5.91 Å². The molecule has 0 aliphatic heterocycles. The van der Waals surface area contributed by atoms with Gasteiger partial charge in [-0.05, 0) is 35.6 Å². The molecule has 2 aromatic heterocycles. The smallest absolute Gasteiger partial charge is 0.225 e. The van der Waals surface area contributed by atoms with Crippen molar-refractivity contribution in [2.45, 2.75) is 32.7 Å². The molecule has 5 heteroatoms. The molecule has 2 aromatic carbocycles. The topological polar surface area (TPSA) is 62.7 Å². The second-order valence-corrected chi connectivity index (χ2v) is 6.95. The molecular weight excluding hydrogens is 348 g/mol. The van der Waals surface area contributed by atoms with Crippen LogP contribution in [0.15, 0.2) is 67.0 Å². The molecule has 4 rings (SSSR count). The number of carbonyl (C=O) groups excluding carboxylic acids is 1.